The smallest absolute Gasteiger partial charge is 0.331 e. The number of hydrogen-bond donors (Lipinski definition) is 1. The Balaban J connectivity index is 2.99. The van der Waals surface area contributed by atoms with E-state index >= 15 is 0 Å². The zero-order valence-corrected chi connectivity index (χ0v) is 15.5. The molecule has 0 aromatic carbocycles. The van der Waals surface area contributed by atoms with E-state index in [0.717, 1.165) is 12.8 Å². The van der Waals surface area contributed by atoms with Gasteiger partial charge in [-0.1, -0.05) is 103 Å². The maximum absolute atomic E-state index is 10.7. The second-order valence-corrected chi connectivity index (χ2v) is 6.68. The van der Waals surface area contributed by atoms with Crippen molar-refractivity contribution in [2.45, 2.75) is 110 Å². The Labute approximate surface area is 144 Å². The minimum atomic E-state index is -0.508. The number of ether oxygens (including phenoxy) is 1. The van der Waals surface area contributed by atoms with Gasteiger partial charge in [-0.25, -0.2) is 4.79 Å². The van der Waals surface area contributed by atoms with Crippen LogP contribution in [-0.2, 0) is 9.53 Å². The molecule has 0 aliphatic rings. The first-order chi connectivity index (χ1) is 11.3. The number of hydrogen-bond acceptors (Lipinski definition) is 3. The van der Waals surface area contributed by atoms with E-state index in [9.17, 15) is 4.79 Å². The number of aliphatic hydroxyl groups excluding tert-OH is 1. The van der Waals surface area contributed by atoms with Crippen LogP contribution < -0.4 is 0 Å². The van der Waals surface area contributed by atoms with E-state index in [1.807, 2.05) is 0 Å². The van der Waals surface area contributed by atoms with Gasteiger partial charge in [0.2, 0.25) is 0 Å². The molecule has 3 heteroatoms. The van der Waals surface area contributed by atoms with Crippen molar-refractivity contribution in [3.05, 3.63) is 0 Å². The van der Waals surface area contributed by atoms with Crippen molar-refractivity contribution in [1.82, 2.24) is 0 Å². The van der Waals surface area contributed by atoms with E-state index in [-0.39, 0.29) is 0 Å². The summed E-state index contributed by atoms with van der Waals surface area (Å²) in [5.74, 6) is -0.508. The normalized spacial score (nSPS) is 10.9. The SMILES string of the molecule is CCCCCCCCCCCCCCCCCCOC(=O)CO. The Kier molecular flexibility index (Phi) is 19.0. The van der Waals surface area contributed by atoms with E-state index < -0.39 is 12.6 Å². The summed E-state index contributed by atoms with van der Waals surface area (Å²) < 4.78 is 4.82. The van der Waals surface area contributed by atoms with Gasteiger partial charge in [0.25, 0.3) is 0 Å². The van der Waals surface area contributed by atoms with E-state index in [4.69, 9.17) is 9.84 Å². The van der Waals surface area contributed by atoms with Crippen LogP contribution in [0.1, 0.15) is 110 Å². The van der Waals surface area contributed by atoms with Crippen LogP contribution >= 0.6 is 0 Å². The molecule has 0 bridgehead atoms. The first kappa shape index (κ1) is 22.4. The maximum Gasteiger partial charge on any atom is 0.331 e. The van der Waals surface area contributed by atoms with Crippen LogP contribution in [0.4, 0.5) is 0 Å². The Hall–Kier alpha value is -0.570. The summed E-state index contributed by atoms with van der Waals surface area (Å²) in [6.07, 6.45) is 21.4. The fourth-order valence-corrected chi connectivity index (χ4v) is 2.88. The van der Waals surface area contributed by atoms with Crippen LogP contribution in [0.3, 0.4) is 0 Å². The third kappa shape index (κ3) is 19.4. The van der Waals surface area contributed by atoms with Gasteiger partial charge in [-0.05, 0) is 6.42 Å². The van der Waals surface area contributed by atoms with Gasteiger partial charge in [-0.2, -0.15) is 0 Å². The standard InChI is InChI=1S/C20H40O3/c1-2-3-4-5-6-7-8-9-10-11-12-13-14-15-16-17-18-23-20(22)19-21/h21H,2-19H2,1H3. The zero-order valence-electron chi connectivity index (χ0n) is 15.5. The molecular weight excluding hydrogens is 288 g/mol. The summed E-state index contributed by atoms with van der Waals surface area (Å²) in [6.45, 7) is 2.23. The van der Waals surface area contributed by atoms with E-state index in [1.54, 1.807) is 0 Å². The Bertz CT molecular complexity index is 241. The topological polar surface area (TPSA) is 46.5 Å². The molecule has 0 spiro atoms. The molecule has 0 fully saturated rings. The van der Waals surface area contributed by atoms with E-state index in [1.165, 1.54) is 89.9 Å². The molecule has 0 aromatic heterocycles. The monoisotopic (exact) mass is 328 g/mol. The Morgan fingerprint density at radius 3 is 1.35 bits per heavy atom. The average Bonchev–Trinajstić information content (AvgIpc) is 2.57. The molecule has 0 heterocycles. The second-order valence-electron chi connectivity index (χ2n) is 6.68. The minimum Gasteiger partial charge on any atom is -0.464 e. The van der Waals surface area contributed by atoms with Gasteiger partial charge in [-0.3, -0.25) is 0 Å². The summed E-state index contributed by atoms with van der Waals surface area (Å²) in [5, 5.41) is 8.50. The van der Waals surface area contributed by atoms with Gasteiger partial charge in [0.05, 0.1) is 6.61 Å². The number of aliphatic hydroxyl groups is 1. The molecule has 0 amide bonds. The zero-order chi connectivity index (χ0) is 17.0. The lowest BCUT2D eigenvalue weighted by Gasteiger charge is -2.04. The largest absolute Gasteiger partial charge is 0.464 e. The minimum absolute atomic E-state index is 0.456. The number of carbonyl (C=O) groups is 1. The lowest BCUT2D eigenvalue weighted by atomic mass is 10.0. The van der Waals surface area contributed by atoms with Crippen molar-refractivity contribution in [2.24, 2.45) is 0 Å². The molecule has 0 unspecified atom stereocenters. The first-order valence-electron chi connectivity index (χ1n) is 10.1. The maximum atomic E-state index is 10.7. The van der Waals surface area contributed by atoms with Gasteiger partial charge in [0.1, 0.15) is 6.61 Å². The molecule has 0 aliphatic heterocycles. The molecule has 3 nitrogen and oxygen atoms in total. The molecule has 0 saturated heterocycles. The predicted molar refractivity (Wildman–Crippen MR) is 97.6 cm³/mol. The third-order valence-electron chi connectivity index (χ3n) is 4.39. The fraction of sp³-hybridized carbons (Fsp3) is 0.950. The van der Waals surface area contributed by atoms with Gasteiger partial charge < -0.3 is 9.84 Å². The van der Waals surface area contributed by atoms with Crippen molar-refractivity contribution >= 4 is 5.97 Å². The molecule has 0 radical (unpaired) electrons. The molecule has 0 aromatic rings. The Morgan fingerprint density at radius 1 is 0.652 bits per heavy atom. The summed E-state index contributed by atoms with van der Waals surface area (Å²) in [4.78, 5) is 10.7. The lowest BCUT2D eigenvalue weighted by molar-refractivity contribution is -0.147. The number of esters is 1. The molecule has 138 valence electrons. The highest BCUT2D eigenvalue weighted by Crippen LogP contribution is 2.13. The highest BCUT2D eigenvalue weighted by atomic mass is 16.5. The van der Waals surface area contributed by atoms with Crippen molar-refractivity contribution in [2.75, 3.05) is 13.2 Å². The highest BCUT2D eigenvalue weighted by Gasteiger charge is 1.98. The number of unbranched alkanes of at least 4 members (excludes halogenated alkanes) is 15. The molecular formula is C20H40O3. The number of rotatable bonds is 18. The fourth-order valence-electron chi connectivity index (χ4n) is 2.88. The second kappa shape index (κ2) is 19.5. The Morgan fingerprint density at radius 2 is 1.00 bits per heavy atom. The van der Waals surface area contributed by atoms with E-state index in [2.05, 4.69) is 6.92 Å². The van der Waals surface area contributed by atoms with Crippen LogP contribution in [-0.4, -0.2) is 24.3 Å². The van der Waals surface area contributed by atoms with Gasteiger partial charge in [0, 0.05) is 0 Å². The van der Waals surface area contributed by atoms with Crippen molar-refractivity contribution in [1.29, 1.82) is 0 Å². The molecule has 0 saturated carbocycles. The van der Waals surface area contributed by atoms with Crippen LogP contribution in [0.2, 0.25) is 0 Å². The van der Waals surface area contributed by atoms with Gasteiger partial charge >= 0.3 is 5.97 Å². The first-order valence-corrected chi connectivity index (χ1v) is 10.1. The highest BCUT2D eigenvalue weighted by molar-refractivity contribution is 5.70. The van der Waals surface area contributed by atoms with Crippen molar-refractivity contribution < 1.29 is 14.6 Å². The van der Waals surface area contributed by atoms with Gasteiger partial charge in [-0.15, -0.1) is 0 Å². The average molecular weight is 329 g/mol. The van der Waals surface area contributed by atoms with Crippen LogP contribution in [0, 0.1) is 0 Å². The summed E-state index contributed by atoms with van der Waals surface area (Å²) in [7, 11) is 0. The summed E-state index contributed by atoms with van der Waals surface area (Å²) in [5.41, 5.74) is 0. The van der Waals surface area contributed by atoms with Crippen LogP contribution in [0.5, 0.6) is 0 Å². The molecule has 0 rings (SSSR count). The summed E-state index contributed by atoms with van der Waals surface area (Å²) >= 11 is 0. The van der Waals surface area contributed by atoms with Crippen LogP contribution in [0.15, 0.2) is 0 Å². The van der Waals surface area contributed by atoms with Crippen molar-refractivity contribution in [3.63, 3.8) is 0 Å². The predicted octanol–water partition coefficient (Wildman–Crippen LogP) is 5.78. The number of carbonyl (C=O) groups excluding carboxylic acids is 1. The molecule has 1 N–H and O–H groups in total. The molecule has 0 atom stereocenters. The lowest BCUT2D eigenvalue weighted by Crippen LogP contribution is -2.09. The van der Waals surface area contributed by atoms with Gasteiger partial charge in [0.15, 0.2) is 0 Å². The molecule has 23 heavy (non-hydrogen) atoms. The molecule has 0 aliphatic carbocycles. The van der Waals surface area contributed by atoms with Crippen molar-refractivity contribution in [3.8, 4) is 0 Å². The summed E-state index contributed by atoms with van der Waals surface area (Å²) in [6, 6.07) is 0. The van der Waals surface area contributed by atoms with E-state index in [0.29, 0.717) is 6.61 Å². The quantitative estimate of drug-likeness (QED) is 0.256. The third-order valence-corrected chi connectivity index (χ3v) is 4.39. The van der Waals surface area contributed by atoms with Crippen LogP contribution in [0.25, 0.3) is 0 Å².